The summed E-state index contributed by atoms with van der Waals surface area (Å²) in [5, 5.41) is 9.50. The number of nitrogens with two attached hydrogens (primary N) is 1. The van der Waals surface area contributed by atoms with Crippen LogP contribution in [0.4, 0.5) is 4.39 Å². The van der Waals surface area contributed by atoms with Crippen molar-refractivity contribution in [2.75, 3.05) is 6.54 Å². The van der Waals surface area contributed by atoms with Gasteiger partial charge in [-0.25, -0.2) is 4.39 Å². The molecule has 0 unspecified atom stereocenters. The fraction of sp³-hybridized carbons (Fsp3) is 0.583. The summed E-state index contributed by atoms with van der Waals surface area (Å²) in [5.74, 6) is -0.274. The monoisotopic (exact) mass is 224 g/mol. The Balaban J connectivity index is 2.28. The summed E-state index contributed by atoms with van der Waals surface area (Å²) in [7, 11) is 0. The predicted octanol–water partition coefficient (Wildman–Crippen LogP) is 1.35. The minimum absolute atomic E-state index is 0.242. The number of rotatable bonds is 2. The van der Waals surface area contributed by atoms with E-state index in [0.717, 1.165) is 31.4 Å². The van der Waals surface area contributed by atoms with Gasteiger partial charge in [0.25, 0.3) is 0 Å². The number of halogens is 1. The number of hydrogen-bond acceptors (Lipinski definition) is 3. The normalized spacial score (nSPS) is 30.3. The fourth-order valence-corrected chi connectivity index (χ4v) is 2.41. The molecule has 1 aromatic heterocycles. The standard InChI is InChI=1S/C12H17FN2O/c13-9-3-6-15-11(7-9)12(8-14)4-1-10(16)2-5-12/h3,6-7,10,16H,1-2,4-5,8,14H2. The number of aromatic nitrogens is 1. The molecule has 3 N–H and O–H groups in total. The SMILES string of the molecule is NCC1(c2cc(F)ccn2)CCC(O)CC1. The van der Waals surface area contributed by atoms with E-state index in [2.05, 4.69) is 4.98 Å². The Bertz CT molecular complexity index is 362. The molecule has 16 heavy (non-hydrogen) atoms. The molecule has 88 valence electrons. The summed E-state index contributed by atoms with van der Waals surface area (Å²) in [6.45, 7) is 0.455. The van der Waals surface area contributed by atoms with Crippen molar-refractivity contribution in [3.05, 3.63) is 29.8 Å². The van der Waals surface area contributed by atoms with Gasteiger partial charge in [-0.1, -0.05) is 0 Å². The quantitative estimate of drug-likeness (QED) is 0.797. The van der Waals surface area contributed by atoms with Crippen molar-refractivity contribution in [2.45, 2.75) is 37.2 Å². The summed E-state index contributed by atoms with van der Waals surface area (Å²) >= 11 is 0. The van der Waals surface area contributed by atoms with Gasteiger partial charge in [-0.3, -0.25) is 4.98 Å². The third-order valence-electron chi connectivity index (χ3n) is 3.57. The second kappa shape index (κ2) is 4.47. The summed E-state index contributed by atoms with van der Waals surface area (Å²) in [4.78, 5) is 4.23. The Morgan fingerprint density at radius 3 is 2.75 bits per heavy atom. The zero-order valence-electron chi connectivity index (χ0n) is 9.19. The summed E-state index contributed by atoms with van der Waals surface area (Å²) in [6, 6.07) is 2.80. The van der Waals surface area contributed by atoms with E-state index in [1.807, 2.05) is 0 Å². The van der Waals surface area contributed by atoms with E-state index < -0.39 is 0 Å². The van der Waals surface area contributed by atoms with E-state index in [1.165, 1.54) is 18.3 Å². The summed E-state index contributed by atoms with van der Waals surface area (Å²) in [6.07, 6.45) is 4.23. The maximum Gasteiger partial charge on any atom is 0.126 e. The van der Waals surface area contributed by atoms with Gasteiger partial charge >= 0.3 is 0 Å². The van der Waals surface area contributed by atoms with Gasteiger partial charge in [0.2, 0.25) is 0 Å². The van der Waals surface area contributed by atoms with Crippen LogP contribution in [0.15, 0.2) is 18.3 Å². The van der Waals surface area contributed by atoms with Crippen molar-refractivity contribution in [3.63, 3.8) is 0 Å². The molecule has 1 aliphatic rings. The first-order valence-electron chi connectivity index (χ1n) is 5.66. The molecule has 0 amide bonds. The first-order chi connectivity index (χ1) is 7.66. The molecule has 4 heteroatoms. The minimum atomic E-state index is -0.274. The van der Waals surface area contributed by atoms with Crippen LogP contribution in [0.1, 0.15) is 31.4 Å². The van der Waals surface area contributed by atoms with E-state index in [1.54, 1.807) is 0 Å². The van der Waals surface area contributed by atoms with E-state index in [-0.39, 0.29) is 17.3 Å². The Morgan fingerprint density at radius 2 is 2.19 bits per heavy atom. The van der Waals surface area contributed by atoms with Crippen molar-refractivity contribution in [1.29, 1.82) is 0 Å². The molecular weight excluding hydrogens is 207 g/mol. The molecule has 0 saturated heterocycles. The average molecular weight is 224 g/mol. The maximum atomic E-state index is 13.2. The van der Waals surface area contributed by atoms with Gasteiger partial charge < -0.3 is 10.8 Å². The number of nitrogens with zero attached hydrogens (tertiary/aromatic N) is 1. The van der Waals surface area contributed by atoms with Crippen molar-refractivity contribution in [3.8, 4) is 0 Å². The van der Waals surface area contributed by atoms with Crippen LogP contribution in [0, 0.1) is 5.82 Å². The van der Waals surface area contributed by atoms with E-state index in [4.69, 9.17) is 5.73 Å². The van der Waals surface area contributed by atoms with Crippen LogP contribution < -0.4 is 5.73 Å². The number of aliphatic hydroxyl groups is 1. The zero-order valence-corrected chi connectivity index (χ0v) is 9.19. The van der Waals surface area contributed by atoms with Crippen LogP contribution in [0.25, 0.3) is 0 Å². The van der Waals surface area contributed by atoms with E-state index >= 15 is 0 Å². The van der Waals surface area contributed by atoms with E-state index in [9.17, 15) is 9.50 Å². The molecule has 3 nitrogen and oxygen atoms in total. The van der Waals surface area contributed by atoms with Gasteiger partial charge in [-0.2, -0.15) is 0 Å². The second-order valence-electron chi connectivity index (χ2n) is 4.57. The fourth-order valence-electron chi connectivity index (χ4n) is 2.41. The zero-order chi connectivity index (χ0) is 11.6. The van der Waals surface area contributed by atoms with Gasteiger partial charge in [0.1, 0.15) is 5.82 Å². The number of aliphatic hydroxyl groups excluding tert-OH is 1. The lowest BCUT2D eigenvalue weighted by atomic mass is 9.71. The highest BCUT2D eigenvalue weighted by Crippen LogP contribution is 2.37. The van der Waals surface area contributed by atoms with Crippen molar-refractivity contribution in [2.24, 2.45) is 5.73 Å². The van der Waals surface area contributed by atoms with E-state index in [0.29, 0.717) is 6.54 Å². The minimum Gasteiger partial charge on any atom is -0.393 e. The summed E-state index contributed by atoms with van der Waals surface area (Å²) < 4.78 is 13.2. The lowest BCUT2D eigenvalue weighted by Crippen LogP contribution is -2.40. The van der Waals surface area contributed by atoms with Gasteiger partial charge in [0.15, 0.2) is 0 Å². The molecule has 0 spiro atoms. The van der Waals surface area contributed by atoms with Gasteiger partial charge in [-0.05, 0) is 37.8 Å². The maximum absolute atomic E-state index is 13.2. The molecule has 1 aromatic rings. The van der Waals surface area contributed by atoms with Crippen LogP contribution in [-0.4, -0.2) is 22.7 Å². The Hall–Kier alpha value is -1.00. The predicted molar refractivity (Wildman–Crippen MR) is 59.4 cm³/mol. The Morgan fingerprint density at radius 1 is 1.50 bits per heavy atom. The van der Waals surface area contributed by atoms with Gasteiger partial charge in [-0.15, -0.1) is 0 Å². The Kier molecular flexibility index (Phi) is 3.21. The lowest BCUT2D eigenvalue weighted by molar-refractivity contribution is 0.0961. The van der Waals surface area contributed by atoms with Crippen molar-refractivity contribution >= 4 is 0 Å². The van der Waals surface area contributed by atoms with Crippen LogP contribution in [0.3, 0.4) is 0 Å². The third-order valence-corrected chi connectivity index (χ3v) is 3.57. The third kappa shape index (κ3) is 2.08. The van der Waals surface area contributed by atoms with Crippen molar-refractivity contribution < 1.29 is 9.50 Å². The molecule has 1 saturated carbocycles. The molecule has 0 radical (unpaired) electrons. The molecular formula is C12H17FN2O. The van der Waals surface area contributed by atoms with Crippen LogP contribution in [-0.2, 0) is 5.41 Å². The summed E-state index contributed by atoms with van der Waals surface area (Å²) in [5.41, 5.74) is 6.30. The largest absolute Gasteiger partial charge is 0.393 e. The number of hydrogen-bond donors (Lipinski definition) is 2. The molecule has 0 aliphatic heterocycles. The molecule has 0 bridgehead atoms. The average Bonchev–Trinajstić information content (AvgIpc) is 2.31. The van der Waals surface area contributed by atoms with Crippen LogP contribution in [0.5, 0.6) is 0 Å². The second-order valence-corrected chi connectivity index (χ2v) is 4.57. The molecule has 0 atom stereocenters. The highest BCUT2D eigenvalue weighted by atomic mass is 19.1. The highest BCUT2D eigenvalue weighted by Gasteiger charge is 2.36. The number of pyridine rings is 1. The molecule has 0 aromatic carbocycles. The molecule has 1 aliphatic carbocycles. The molecule has 1 fully saturated rings. The van der Waals surface area contributed by atoms with Gasteiger partial charge in [0.05, 0.1) is 11.8 Å². The first kappa shape index (κ1) is 11.5. The first-order valence-corrected chi connectivity index (χ1v) is 5.66. The molecule has 2 rings (SSSR count). The lowest BCUT2D eigenvalue weighted by Gasteiger charge is -2.37. The smallest absolute Gasteiger partial charge is 0.126 e. The highest BCUT2D eigenvalue weighted by molar-refractivity contribution is 5.20. The topological polar surface area (TPSA) is 59.1 Å². The van der Waals surface area contributed by atoms with Crippen LogP contribution >= 0.6 is 0 Å². The molecule has 1 heterocycles. The van der Waals surface area contributed by atoms with Crippen molar-refractivity contribution in [1.82, 2.24) is 4.98 Å². The van der Waals surface area contributed by atoms with Gasteiger partial charge in [0, 0.05) is 18.2 Å². The Labute approximate surface area is 94.5 Å². The van der Waals surface area contributed by atoms with Crippen LogP contribution in [0.2, 0.25) is 0 Å².